The van der Waals surface area contributed by atoms with E-state index in [1.807, 2.05) is 4.90 Å². The largest absolute Gasteiger partial charge is 0.493 e. The first-order valence-electron chi connectivity index (χ1n) is 9.44. The molecule has 152 valence electrons. The molecule has 2 aromatic rings. The van der Waals surface area contributed by atoms with Gasteiger partial charge in [0.25, 0.3) is 5.91 Å². The molecule has 0 aliphatic carbocycles. The predicted octanol–water partition coefficient (Wildman–Crippen LogP) is 3.57. The highest BCUT2D eigenvalue weighted by Gasteiger charge is 2.26. The Morgan fingerprint density at radius 3 is 2.43 bits per heavy atom. The standard InChI is InChI=1S/C20H28N4O3S/c1-20(2,3)18-22-19(28-23-18)21-14-8-10-24(11-9-14)17(25)13-6-7-15(26-4)16(12-13)27-5/h6-7,12,14H,8-11H2,1-5H3,(H,21,22,23). The number of carbonyl (C=O) groups is 1. The number of ether oxygens (including phenoxy) is 2. The Bertz CT molecular complexity index is 823. The van der Waals surface area contributed by atoms with Crippen molar-refractivity contribution in [2.75, 3.05) is 32.6 Å². The zero-order valence-corrected chi connectivity index (χ0v) is 17.9. The highest BCUT2D eigenvalue weighted by atomic mass is 32.1. The Kier molecular flexibility index (Phi) is 6.07. The lowest BCUT2D eigenvalue weighted by Gasteiger charge is -2.32. The van der Waals surface area contributed by atoms with E-state index in [1.165, 1.54) is 11.5 Å². The van der Waals surface area contributed by atoms with Crippen LogP contribution in [0.2, 0.25) is 0 Å². The highest BCUT2D eigenvalue weighted by Crippen LogP contribution is 2.29. The fraction of sp³-hybridized carbons (Fsp3) is 0.550. The van der Waals surface area contributed by atoms with Gasteiger partial charge in [-0.3, -0.25) is 4.79 Å². The van der Waals surface area contributed by atoms with Crippen LogP contribution in [0.25, 0.3) is 0 Å². The fourth-order valence-electron chi connectivity index (χ4n) is 3.14. The van der Waals surface area contributed by atoms with Crippen molar-refractivity contribution in [3.8, 4) is 11.5 Å². The zero-order chi connectivity index (χ0) is 20.3. The van der Waals surface area contributed by atoms with Crippen molar-refractivity contribution in [1.29, 1.82) is 0 Å². The SMILES string of the molecule is COc1ccc(C(=O)N2CCC(Nc3nc(C(C)(C)C)ns3)CC2)cc1OC. The molecule has 1 aromatic heterocycles. The van der Waals surface area contributed by atoms with Gasteiger partial charge in [0.2, 0.25) is 5.13 Å². The molecule has 0 bridgehead atoms. The number of rotatable bonds is 5. The smallest absolute Gasteiger partial charge is 0.253 e. The van der Waals surface area contributed by atoms with Crippen molar-refractivity contribution in [1.82, 2.24) is 14.3 Å². The Hall–Kier alpha value is -2.35. The summed E-state index contributed by atoms with van der Waals surface area (Å²) in [7, 11) is 3.15. The number of benzene rings is 1. The highest BCUT2D eigenvalue weighted by molar-refractivity contribution is 7.09. The van der Waals surface area contributed by atoms with Gasteiger partial charge < -0.3 is 19.7 Å². The zero-order valence-electron chi connectivity index (χ0n) is 17.1. The van der Waals surface area contributed by atoms with E-state index < -0.39 is 0 Å². The van der Waals surface area contributed by atoms with Crippen LogP contribution >= 0.6 is 11.5 Å². The molecule has 0 atom stereocenters. The third-order valence-corrected chi connectivity index (χ3v) is 5.48. The van der Waals surface area contributed by atoms with Gasteiger partial charge in [-0.25, -0.2) is 4.98 Å². The summed E-state index contributed by atoms with van der Waals surface area (Å²) in [5, 5.41) is 4.33. The van der Waals surface area contributed by atoms with Gasteiger partial charge in [-0.15, -0.1) is 0 Å². The molecule has 0 spiro atoms. The molecule has 1 aliphatic rings. The van der Waals surface area contributed by atoms with E-state index in [0.717, 1.165) is 23.8 Å². The maximum Gasteiger partial charge on any atom is 0.253 e. The van der Waals surface area contributed by atoms with Crippen molar-refractivity contribution < 1.29 is 14.3 Å². The van der Waals surface area contributed by atoms with Gasteiger partial charge >= 0.3 is 0 Å². The van der Waals surface area contributed by atoms with Gasteiger partial charge in [0.05, 0.1) is 14.2 Å². The van der Waals surface area contributed by atoms with Gasteiger partial charge in [0.1, 0.15) is 5.82 Å². The number of aromatic nitrogens is 2. The number of methoxy groups -OCH3 is 2. The van der Waals surface area contributed by atoms with Crippen LogP contribution in [0.3, 0.4) is 0 Å². The average molecular weight is 405 g/mol. The number of likely N-dealkylation sites (tertiary alicyclic amines) is 1. The molecule has 8 heteroatoms. The van der Waals surface area contributed by atoms with Crippen LogP contribution in [0.5, 0.6) is 11.5 Å². The van der Waals surface area contributed by atoms with Crippen LogP contribution in [0.1, 0.15) is 49.8 Å². The second-order valence-electron chi connectivity index (χ2n) is 7.95. The van der Waals surface area contributed by atoms with Crippen LogP contribution in [-0.4, -0.2) is 53.5 Å². The monoisotopic (exact) mass is 404 g/mol. The van der Waals surface area contributed by atoms with Gasteiger partial charge in [-0.1, -0.05) is 20.8 Å². The number of hydrogen-bond donors (Lipinski definition) is 1. The van der Waals surface area contributed by atoms with Crippen molar-refractivity contribution in [3.05, 3.63) is 29.6 Å². The summed E-state index contributed by atoms with van der Waals surface area (Å²) in [6.07, 6.45) is 1.76. The summed E-state index contributed by atoms with van der Waals surface area (Å²) >= 11 is 1.40. The van der Waals surface area contributed by atoms with Crippen LogP contribution in [0.15, 0.2) is 18.2 Å². The Morgan fingerprint density at radius 2 is 1.86 bits per heavy atom. The minimum absolute atomic E-state index is 0.0188. The number of anilines is 1. The fourth-order valence-corrected chi connectivity index (χ4v) is 3.97. The minimum atomic E-state index is -0.0500. The molecule has 28 heavy (non-hydrogen) atoms. The molecule has 1 saturated heterocycles. The third-order valence-electron chi connectivity index (χ3n) is 4.84. The maximum atomic E-state index is 12.8. The number of carbonyl (C=O) groups excluding carboxylic acids is 1. The summed E-state index contributed by atoms with van der Waals surface area (Å²) < 4.78 is 15.0. The van der Waals surface area contributed by atoms with Crippen molar-refractivity contribution in [3.63, 3.8) is 0 Å². The maximum absolute atomic E-state index is 12.8. The van der Waals surface area contributed by atoms with Gasteiger partial charge in [0.15, 0.2) is 11.5 Å². The molecular weight excluding hydrogens is 376 g/mol. The van der Waals surface area contributed by atoms with E-state index in [1.54, 1.807) is 32.4 Å². The average Bonchev–Trinajstić information content (AvgIpc) is 3.16. The molecular formula is C20H28N4O3S. The molecule has 1 amide bonds. The Labute approximate surface area is 170 Å². The molecule has 1 aliphatic heterocycles. The predicted molar refractivity (Wildman–Crippen MR) is 111 cm³/mol. The Balaban J connectivity index is 1.58. The summed E-state index contributed by atoms with van der Waals surface area (Å²) in [5.41, 5.74) is 0.564. The number of nitrogens with one attached hydrogen (secondary N) is 1. The number of amides is 1. The second-order valence-corrected chi connectivity index (χ2v) is 8.71. The number of hydrogen-bond acceptors (Lipinski definition) is 7. The molecule has 0 radical (unpaired) electrons. The third kappa shape index (κ3) is 4.55. The summed E-state index contributed by atoms with van der Waals surface area (Å²) in [5.74, 6) is 2.07. The molecule has 2 heterocycles. The molecule has 1 N–H and O–H groups in total. The first kappa shape index (κ1) is 20.4. The van der Waals surface area contributed by atoms with E-state index in [9.17, 15) is 4.79 Å². The van der Waals surface area contributed by atoms with Crippen LogP contribution in [0, 0.1) is 0 Å². The summed E-state index contributed by atoms with van der Waals surface area (Å²) in [6, 6.07) is 5.59. The van der Waals surface area contributed by atoms with Crippen LogP contribution < -0.4 is 14.8 Å². The normalized spacial score (nSPS) is 15.4. The number of piperidine rings is 1. The molecule has 0 unspecified atom stereocenters. The Morgan fingerprint density at radius 1 is 1.18 bits per heavy atom. The van der Waals surface area contributed by atoms with Gasteiger partial charge in [-0.05, 0) is 31.0 Å². The quantitative estimate of drug-likeness (QED) is 0.821. The van der Waals surface area contributed by atoms with Crippen LogP contribution in [0.4, 0.5) is 5.13 Å². The van der Waals surface area contributed by atoms with E-state index >= 15 is 0 Å². The molecule has 0 saturated carbocycles. The lowest BCUT2D eigenvalue weighted by molar-refractivity contribution is 0.0718. The minimum Gasteiger partial charge on any atom is -0.493 e. The van der Waals surface area contributed by atoms with E-state index in [-0.39, 0.29) is 11.3 Å². The number of nitrogens with zero attached hydrogens (tertiary/aromatic N) is 3. The topological polar surface area (TPSA) is 76.6 Å². The first-order valence-corrected chi connectivity index (χ1v) is 10.2. The van der Waals surface area contributed by atoms with E-state index in [0.29, 0.717) is 36.2 Å². The first-order chi connectivity index (χ1) is 13.3. The molecule has 3 rings (SSSR count). The molecule has 7 nitrogen and oxygen atoms in total. The van der Waals surface area contributed by atoms with E-state index in [4.69, 9.17) is 9.47 Å². The van der Waals surface area contributed by atoms with Crippen molar-refractivity contribution >= 4 is 22.6 Å². The van der Waals surface area contributed by atoms with Gasteiger partial charge in [-0.2, -0.15) is 4.37 Å². The van der Waals surface area contributed by atoms with Crippen molar-refractivity contribution in [2.24, 2.45) is 0 Å². The molecule has 1 fully saturated rings. The van der Waals surface area contributed by atoms with E-state index in [2.05, 4.69) is 35.4 Å². The summed E-state index contributed by atoms with van der Waals surface area (Å²) in [6.45, 7) is 7.73. The summed E-state index contributed by atoms with van der Waals surface area (Å²) in [4.78, 5) is 19.3. The van der Waals surface area contributed by atoms with Gasteiger partial charge in [0, 0.05) is 41.6 Å². The second kappa shape index (κ2) is 8.34. The molecule has 1 aromatic carbocycles. The van der Waals surface area contributed by atoms with Crippen LogP contribution in [-0.2, 0) is 5.41 Å². The lowest BCUT2D eigenvalue weighted by atomic mass is 9.96. The lowest BCUT2D eigenvalue weighted by Crippen LogP contribution is -2.42. The van der Waals surface area contributed by atoms with Crippen molar-refractivity contribution in [2.45, 2.75) is 45.1 Å².